The van der Waals surface area contributed by atoms with E-state index in [9.17, 15) is 5.11 Å². The van der Waals surface area contributed by atoms with Gasteiger partial charge in [0.15, 0.2) is 0 Å². The van der Waals surface area contributed by atoms with Gasteiger partial charge >= 0.3 is 0 Å². The van der Waals surface area contributed by atoms with Gasteiger partial charge in [0.2, 0.25) is 0 Å². The lowest BCUT2D eigenvalue weighted by molar-refractivity contribution is -0.119. The zero-order valence-corrected chi connectivity index (χ0v) is 17.3. The Morgan fingerprint density at radius 1 is 1.07 bits per heavy atom. The third-order valence-corrected chi connectivity index (χ3v) is 9.53. The molecule has 0 saturated heterocycles. The van der Waals surface area contributed by atoms with Gasteiger partial charge in [0.05, 0.1) is 12.3 Å². The lowest BCUT2D eigenvalue weighted by atomic mass is 9.45. The predicted octanol–water partition coefficient (Wildman–Crippen LogP) is 5.21. The third kappa shape index (κ3) is 2.60. The van der Waals surface area contributed by atoms with Crippen LogP contribution in [0.1, 0.15) is 77.2 Å². The Morgan fingerprint density at radius 2 is 1.93 bits per heavy atom. The largest absolute Gasteiger partial charge is 0.388 e. The first-order valence-electron chi connectivity index (χ1n) is 11.3. The van der Waals surface area contributed by atoms with Crippen molar-refractivity contribution in [2.75, 3.05) is 0 Å². The summed E-state index contributed by atoms with van der Waals surface area (Å²) in [6, 6.07) is 0. The minimum absolute atomic E-state index is 0.0765. The van der Waals surface area contributed by atoms with Crippen LogP contribution in [0.15, 0.2) is 18.0 Å². The first kappa shape index (κ1) is 18.0. The number of nitrogens with zero attached hydrogens (tertiary/aromatic N) is 2. The molecule has 0 bridgehead atoms. The monoisotopic (exact) mass is 368 g/mol. The first-order chi connectivity index (χ1) is 12.9. The maximum atomic E-state index is 11.3. The van der Waals surface area contributed by atoms with Crippen molar-refractivity contribution < 1.29 is 5.11 Å². The Morgan fingerprint density at radius 3 is 2.70 bits per heavy atom. The van der Waals surface area contributed by atoms with Gasteiger partial charge in [0.1, 0.15) is 0 Å². The van der Waals surface area contributed by atoms with Crippen LogP contribution >= 0.6 is 0 Å². The molecule has 4 fully saturated rings. The summed E-state index contributed by atoms with van der Waals surface area (Å²) in [6.07, 6.45) is 18.2. The van der Waals surface area contributed by atoms with Gasteiger partial charge in [0.25, 0.3) is 0 Å². The van der Waals surface area contributed by atoms with E-state index in [1.807, 2.05) is 17.9 Å². The number of aryl methyl sites for hydroxylation is 1. The minimum atomic E-state index is -0.277. The Kier molecular flexibility index (Phi) is 4.13. The van der Waals surface area contributed by atoms with Crippen molar-refractivity contribution in [3.63, 3.8) is 0 Å². The lowest BCUT2D eigenvalue weighted by Gasteiger charge is -2.60. The van der Waals surface area contributed by atoms with Crippen LogP contribution in [0, 0.1) is 34.5 Å². The molecule has 3 nitrogen and oxygen atoms in total. The van der Waals surface area contributed by atoms with Gasteiger partial charge in [-0.1, -0.05) is 32.8 Å². The highest BCUT2D eigenvalue weighted by Crippen LogP contribution is 2.66. The molecule has 4 aliphatic rings. The van der Waals surface area contributed by atoms with Crippen LogP contribution in [0.25, 0.3) is 6.08 Å². The molecular formula is C24H36N2O. The normalized spacial score (nSPS) is 48.1. The summed E-state index contributed by atoms with van der Waals surface area (Å²) in [4.78, 5) is 0. The summed E-state index contributed by atoms with van der Waals surface area (Å²) in [6.45, 7) is 5.02. The molecule has 1 aromatic heterocycles. The molecule has 148 valence electrons. The van der Waals surface area contributed by atoms with Gasteiger partial charge in [-0.15, -0.1) is 0 Å². The van der Waals surface area contributed by atoms with Crippen molar-refractivity contribution in [2.24, 2.45) is 41.5 Å². The maximum Gasteiger partial charge on any atom is 0.0809 e. The highest BCUT2D eigenvalue weighted by atomic mass is 16.3. The quantitative estimate of drug-likeness (QED) is 0.739. The van der Waals surface area contributed by atoms with Crippen LogP contribution in [0.3, 0.4) is 0 Å². The SMILES string of the molecule is Cn1cc(/C=C2\C[C@@H]3[C@H]4CC[C@H]5CCCC[C@]5(C)[C@@H]4CC[C@@]3(C)[C@H]2O)cn1. The average Bonchev–Trinajstić information content (AvgIpc) is 3.16. The molecule has 0 spiro atoms. The van der Waals surface area contributed by atoms with Crippen molar-refractivity contribution in [3.05, 3.63) is 23.5 Å². The molecule has 0 radical (unpaired) electrons. The molecule has 27 heavy (non-hydrogen) atoms. The summed E-state index contributed by atoms with van der Waals surface area (Å²) in [5, 5.41) is 15.6. The maximum absolute atomic E-state index is 11.3. The van der Waals surface area contributed by atoms with E-state index in [0.29, 0.717) is 11.3 Å². The Hall–Kier alpha value is -1.09. The number of aliphatic hydroxyl groups excluding tert-OH is 1. The molecular weight excluding hydrogens is 332 g/mol. The number of rotatable bonds is 1. The number of hydrogen-bond acceptors (Lipinski definition) is 2. The Bertz CT molecular complexity index is 751. The topological polar surface area (TPSA) is 38.0 Å². The van der Waals surface area contributed by atoms with Crippen molar-refractivity contribution in [1.82, 2.24) is 9.78 Å². The molecule has 0 unspecified atom stereocenters. The first-order valence-corrected chi connectivity index (χ1v) is 11.3. The van der Waals surface area contributed by atoms with Crippen LogP contribution in [0.4, 0.5) is 0 Å². The molecule has 1 heterocycles. The molecule has 7 atom stereocenters. The third-order valence-electron chi connectivity index (χ3n) is 9.53. The zero-order valence-electron chi connectivity index (χ0n) is 17.3. The molecule has 0 aliphatic heterocycles. The van der Waals surface area contributed by atoms with Crippen LogP contribution in [0.5, 0.6) is 0 Å². The summed E-state index contributed by atoms with van der Waals surface area (Å²) in [5.41, 5.74) is 3.04. The van der Waals surface area contributed by atoms with E-state index in [1.165, 1.54) is 56.9 Å². The van der Waals surface area contributed by atoms with Crippen molar-refractivity contribution in [1.29, 1.82) is 0 Å². The van der Waals surface area contributed by atoms with Crippen LogP contribution in [-0.2, 0) is 7.05 Å². The van der Waals surface area contributed by atoms with Gasteiger partial charge in [-0.25, -0.2) is 0 Å². The van der Waals surface area contributed by atoms with E-state index in [1.54, 1.807) is 0 Å². The van der Waals surface area contributed by atoms with Crippen LogP contribution in [-0.4, -0.2) is 21.0 Å². The molecule has 3 heteroatoms. The van der Waals surface area contributed by atoms with Gasteiger partial charge < -0.3 is 5.11 Å². The second kappa shape index (κ2) is 6.20. The van der Waals surface area contributed by atoms with Crippen LogP contribution in [0.2, 0.25) is 0 Å². The number of aromatic nitrogens is 2. The number of hydrogen-bond donors (Lipinski definition) is 1. The van der Waals surface area contributed by atoms with E-state index in [4.69, 9.17) is 0 Å². The van der Waals surface area contributed by atoms with Crippen molar-refractivity contribution in [2.45, 2.75) is 77.7 Å². The second-order valence-corrected chi connectivity index (χ2v) is 10.7. The van der Waals surface area contributed by atoms with E-state index in [0.717, 1.165) is 29.7 Å². The van der Waals surface area contributed by atoms with Crippen molar-refractivity contribution in [3.8, 4) is 0 Å². The smallest absolute Gasteiger partial charge is 0.0809 e. The number of fused-ring (bicyclic) bond motifs is 5. The molecule has 1 aromatic rings. The predicted molar refractivity (Wildman–Crippen MR) is 109 cm³/mol. The fourth-order valence-corrected chi connectivity index (χ4v) is 8.02. The summed E-state index contributed by atoms with van der Waals surface area (Å²) < 4.78 is 1.85. The van der Waals surface area contributed by atoms with Gasteiger partial charge in [-0.05, 0) is 79.6 Å². The highest BCUT2D eigenvalue weighted by molar-refractivity contribution is 5.54. The van der Waals surface area contributed by atoms with Gasteiger partial charge in [-0.2, -0.15) is 5.10 Å². The molecule has 5 rings (SSSR count). The van der Waals surface area contributed by atoms with Crippen molar-refractivity contribution >= 4 is 6.08 Å². The molecule has 0 aromatic carbocycles. The molecule has 4 saturated carbocycles. The van der Waals surface area contributed by atoms with E-state index < -0.39 is 0 Å². The minimum Gasteiger partial charge on any atom is -0.388 e. The Labute approximate surface area is 164 Å². The lowest BCUT2D eigenvalue weighted by Crippen LogP contribution is -2.53. The van der Waals surface area contributed by atoms with Gasteiger partial charge in [-0.3, -0.25) is 4.68 Å². The summed E-state index contributed by atoms with van der Waals surface area (Å²) in [5.74, 6) is 3.33. The zero-order chi connectivity index (χ0) is 18.8. The van der Waals surface area contributed by atoms with E-state index in [-0.39, 0.29) is 11.5 Å². The average molecular weight is 369 g/mol. The van der Waals surface area contributed by atoms with E-state index >= 15 is 0 Å². The highest BCUT2D eigenvalue weighted by Gasteiger charge is 2.60. The fraction of sp³-hybridized carbons (Fsp3) is 0.792. The fourth-order valence-electron chi connectivity index (χ4n) is 8.02. The second-order valence-electron chi connectivity index (χ2n) is 10.7. The standard InChI is InChI=1S/C24H36N2O/c1-23-10-5-4-6-18(23)7-8-19-20(23)9-11-24(2)21(19)13-17(22(24)27)12-16-14-25-26(3)15-16/h12,14-15,18-22,27H,4-11,13H2,1-3H3/b17-12+/t18-,19+,20-,21-,22+,23+,24-/m1/s1. The summed E-state index contributed by atoms with van der Waals surface area (Å²) >= 11 is 0. The van der Waals surface area contributed by atoms with Gasteiger partial charge in [0, 0.05) is 24.2 Å². The van der Waals surface area contributed by atoms with Crippen LogP contribution < -0.4 is 0 Å². The molecule has 4 aliphatic carbocycles. The summed E-state index contributed by atoms with van der Waals surface area (Å²) in [7, 11) is 1.96. The van der Waals surface area contributed by atoms with E-state index in [2.05, 4.69) is 31.2 Å². The Balaban J connectivity index is 1.45. The molecule has 0 amide bonds. The molecule has 1 N–H and O–H groups in total. The number of aliphatic hydroxyl groups is 1.